The maximum Gasteiger partial charge on any atom is 0.315 e. The second-order valence-electron chi connectivity index (χ2n) is 5.69. The van der Waals surface area contributed by atoms with E-state index in [0.717, 1.165) is 19.4 Å². The van der Waals surface area contributed by atoms with Gasteiger partial charge in [-0.3, -0.25) is 0 Å². The summed E-state index contributed by atoms with van der Waals surface area (Å²) in [7, 11) is 4.05. The first-order valence-corrected chi connectivity index (χ1v) is 8.31. The van der Waals surface area contributed by atoms with E-state index >= 15 is 0 Å². The summed E-state index contributed by atoms with van der Waals surface area (Å²) in [5.74, 6) is 0. The van der Waals surface area contributed by atoms with Crippen molar-refractivity contribution in [2.24, 2.45) is 0 Å². The maximum atomic E-state index is 12.0. The normalized spacial score (nSPS) is 21.2. The largest absolute Gasteiger partial charge is 0.376 e. The Morgan fingerprint density at radius 1 is 1.57 bits per heavy atom. The molecule has 1 aliphatic heterocycles. The molecule has 2 N–H and O–H groups in total. The lowest BCUT2D eigenvalue weighted by atomic mass is 10.1. The summed E-state index contributed by atoms with van der Waals surface area (Å²) >= 11 is 1.71. The molecule has 3 unspecified atom stereocenters. The molecule has 1 fully saturated rings. The number of nitrogens with one attached hydrogen (secondary N) is 2. The molecule has 2 amide bonds. The van der Waals surface area contributed by atoms with Gasteiger partial charge in [0.25, 0.3) is 0 Å². The highest BCUT2D eigenvalue weighted by atomic mass is 32.1. The lowest BCUT2D eigenvalue weighted by Gasteiger charge is -2.25. The van der Waals surface area contributed by atoms with Crippen LogP contribution in [0.2, 0.25) is 0 Å². The third-order valence-corrected chi connectivity index (χ3v) is 4.81. The van der Waals surface area contributed by atoms with Gasteiger partial charge in [0.1, 0.15) is 0 Å². The Labute approximate surface area is 130 Å². The number of thiophene rings is 1. The van der Waals surface area contributed by atoms with Gasteiger partial charge in [-0.25, -0.2) is 4.79 Å². The first-order chi connectivity index (χ1) is 10.1. The average molecular weight is 311 g/mol. The Balaban J connectivity index is 1.79. The van der Waals surface area contributed by atoms with E-state index in [1.807, 2.05) is 27.1 Å². The van der Waals surface area contributed by atoms with Crippen molar-refractivity contribution in [1.29, 1.82) is 0 Å². The van der Waals surface area contributed by atoms with E-state index in [2.05, 4.69) is 27.0 Å². The monoisotopic (exact) mass is 311 g/mol. The van der Waals surface area contributed by atoms with Crippen LogP contribution in [0.4, 0.5) is 4.79 Å². The summed E-state index contributed by atoms with van der Waals surface area (Å²) in [6, 6.07) is 4.27. The highest BCUT2D eigenvalue weighted by Gasteiger charge is 2.24. The van der Waals surface area contributed by atoms with Crippen molar-refractivity contribution in [3.8, 4) is 0 Å². The highest BCUT2D eigenvalue weighted by Crippen LogP contribution is 2.22. The number of hydrogen-bond donors (Lipinski definition) is 2. The van der Waals surface area contributed by atoms with E-state index in [1.54, 1.807) is 11.3 Å². The fourth-order valence-electron chi connectivity index (χ4n) is 2.56. The fourth-order valence-corrected chi connectivity index (χ4v) is 3.48. The zero-order chi connectivity index (χ0) is 15.2. The maximum absolute atomic E-state index is 12.0. The number of hydrogen-bond acceptors (Lipinski definition) is 4. The van der Waals surface area contributed by atoms with Gasteiger partial charge in [-0.05, 0) is 45.3 Å². The number of likely N-dealkylation sites (N-methyl/N-ethyl adjacent to an activating group) is 1. The van der Waals surface area contributed by atoms with Crippen LogP contribution in [-0.2, 0) is 4.74 Å². The molecule has 21 heavy (non-hydrogen) atoms. The van der Waals surface area contributed by atoms with Gasteiger partial charge in [0.05, 0.1) is 18.2 Å². The third-order valence-electron chi connectivity index (χ3n) is 3.83. The number of carbonyl (C=O) groups is 1. The fraction of sp³-hybridized carbons (Fsp3) is 0.667. The van der Waals surface area contributed by atoms with Crippen LogP contribution in [0.15, 0.2) is 17.5 Å². The molecule has 0 radical (unpaired) electrons. The first kappa shape index (κ1) is 16.3. The molecule has 2 rings (SSSR count). The predicted octanol–water partition coefficient (Wildman–Crippen LogP) is 2.22. The molecule has 1 aliphatic rings. The zero-order valence-corrected chi connectivity index (χ0v) is 13.8. The van der Waals surface area contributed by atoms with Crippen LogP contribution in [0, 0.1) is 0 Å². The van der Waals surface area contributed by atoms with Crippen LogP contribution in [0.3, 0.4) is 0 Å². The molecule has 1 aromatic heterocycles. The summed E-state index contributed by atoms with van der Waals surface area (Å²) in [5, 5.41) is 8.00. The van der Waals surface area contributed by atoms with E-state index in [0.29, 0.717) is 6.54 Å². The topological polar surface area (TPSA) is 53.6 Å². The Morgan fingerprint density at radius 2 is 2.38 bits per heavy atom. The highest BCUT2D eigenvalue weighted by molar-refractivity contribution is 7.10. The molecule has 6 heteroatoms. The molecule has 2 heterocycles. The number of amides is 2. The minimum atomic E-state index is -0.124. The molecule has 0 aliphatic carbocycles. The Morgan fingerprint density at radius 3 is 2.95 bits per heavy atom. The first-order valence-electron chi connectivity index (χ1n) is 7.43. The molecule has 0 aromatic carbocycles. The van der Waals surface area contributed by atoms with Crippen LogP contribution in [0.5, 0.6) is 0 Å². The van der Waals surface area contributed by atoms with Crippen LogP contribution in [0.25, 0.3) is 0 Å². The van der Waals surface area contributed by atoms with Gasteiger partial charge in [-0.15, -0.1) is 11.3 Å². The molecular formula is C15H25N3O2S. The Kier molecular flexibility index (Phi) is 6.02. The van der Waals surface area contributed by atoms with Crippen molar-refractivity contribution in [1.82, 2.24) is 15.5 Å². The molecule has 3 atom stereocenters. The van der Waals surface area contributed by atoms with Gasteiger partial charge < -0.3 is 20.3 Å². The van der Waals surface area contributed by atoms with Gasteiger partial charge in [0.15, 0.2) is 0 Å². The number of urea groups is 1. The Hall–Kier alpha value is -1.11. The third kappa shape index (κ3) is 4.69. The van der Waals surface area contributed by atoms with E-state index in [1.165, 1.54) is 4.88 Å². The number of ether oxygens (including phenoxy) is 1. The van der Waals surface area contributed by atoms with Crippen LogP contribution in [-0.4, -0.2) is 50.3 Å². The quantitative estimate of drug-likeness (QED) is 0.847. The Bertz CT molecular complexity index is 430. The van der Waals surface area contributed by atoms with E-state index in [9.17, 15) is 4.79 Å². The smallest absolute Gasteiger partial charge is 0.315 e. The lowest BCUT2D eigenvalue weighted by molar-refractivity contribution is 0.0859. The zero-order valence-electron chi connectivity index (χ0n) is 13.0. The molecule has 0 saturated carbocycles. The van der Waals surface area contributed by atoms with E-state index in [-0.39, 0.29) is 24.2 Å². The minimum absolute atomic E-state index is 0.0482. The average Bonchev–Trinajstić information content (AvgIpc) is 3.12. The summed E-state index contributed by atoms with van der Waals surface area (Å²) < 4.78 is 5.59. The standard InChI is InChI=1S/C15H25N3O2S/c1-11(13-6-4-8-20-13)17-15(19)16-10-12(18(2)3)14-7-5-9-21-14/h5,7,9,11-13H,4,6,8,10H2,1-3H3,(H2,16,17,19). The second-order valence-corrected chi connectivity index (χ2v) is 6.67. The molecule has 1 saturated heterocycles. The van der Waals surface area contributed by atoms with Crippen LogP contribution >= 0.6 is 11.3 Å². The van der Waals surface area contributed by atoms with Crippen molar-refractivity contribution in [3.05, 3.63) is 22.4 Å². The molecule has 118 valence electrons. The molecular weight excluding hydrogens is 286 g/mol. The SMILES string of the molecule is CC(NC(=O)NCC(c1cccs1)N(C)C)C1CCCO1. The van der Waals surface area contributed by atoms with Crippen molar-refractivity contribution < 1.29 is 9.53 Å². The van der Waals surface area contributed by atoms with Crippen LogP contribution in [0.1, 0.15) is 30.7 Å². The van der Waals surface area contributed by atoms with Crippen molar-refractivity contribution in [2.45, 2.75) is 38.0 Å². The number of rotatable bonds is 6. The van der Waals surface area contributed by atoms with Gasteiger partial charge in [-0.2, -0.15) is 0 Å². The van der Waals surface area contributed by atoms with Crippen molar-refractivity contribution in [3.63, 3.8) is 0 Å². The van der Waals surface area contributed by atoms with Gasteiger partial charge in [0.2, 0.25) is 0 Å². The van der Waals surface area contributed by atoms with Crippen molar-refractivity contribution in [2.75, 3.05) is 27.2 Å². The van der Waals surface area contributed by atoms with Gasteiger partial charge in [0, 0.05) is 18.0 Å². The molecule has 5 nitrogen and oxygen atoms in total. The lowest BCUT2D eigenvalue weighted by Crippen LogP contribution is -2.47. The summed E-state index contributed by atoms with van der Waals surface area (Å²) in [4.78, 5) is 15.4. The minimum Gasteiger partial charge on any atom is -0.376 e. The van der Waals surface area contributed by atoms with Gasteiger partial charge >= 0.3 is 6.03 Å². The molecule has 0 bridgehead atoms. The van der Waals surface area contributed by atoms with Crippen LogP contribution < -0.4 is 10.6 Å². The second kappa shape index (κ2) is 7.77. The summed E-state index contributed by atoms with van der Waals surface area (Å²) in [6.45, 7) is 3.40. The number of nitrogens with zero attached hydrogens (tertiary/aromatic N) is 1. The summed E-state index contributed by atoms with van der Waals surface area (Å²) in [6.07, 6.45) is 2.26. The van der Waals surface area contributed by atoms with E-state index in [4.69, 9.17) is 4.74 Å². The molecule has 0 spiro atoms. The molecule has 1 aromatic rings. The summed E-state index contributed by atoms with van der Waals surface area (Å²) in [5.41, 5.74) is 0. The number of carbonyl (C=O) groups excluding carboxylic acids is 1. The van der Waals surface area contributed by atoms with Gasteiger partial charge in [-0.1, -0.05) is 6.07 Å². The van der Waals surface area contributed by atoms with Crippen molar-refractivity contribution >= 4 is 17.4 Å². The van der Waals surface area contributed by atoms with E-state index < -0.39 is 0 Å². The predicted molar refractivity (Wildman–Crippen MR) is 85.7 cm³/mol.